The van der Waals surface area contributed by atoms with E-state index >= 15 is 0 Å². The van der Waals surface area contributed by atoms with E-state index in [0.717, 1.165) is 5.56 Å². The van der Waals surface area contributed by atoms with Crippen LogP contribution in [0.3, 0.4) is 0 Å². The van der Waals surface area contributed by atoms with Crippen LogP contribution in [0.5, 0.6) is 0 Å². The lowest BCUT2D eigenvalue weighted by atomic mass is 10.3. The van der Waals surface area contributed by atoms with E-state index in [4.69, 9.17) is 4.74 Å². The third-order valence-corrected chi connectivity index (χ3v) is 6.36. The fourth-order valence-electron chi connectivity index (χ4n) is 1.97. The molecule has 0 bridgehead atoms. The summed E-state index contributed by atoms with van der Waals surface area (Å²) in [7, 11) is -1.52. The first-order valence-corrected chi connectivity index (χ1v) is 8.19. The van der Waals surface area contributed by atoms with Crippen LogP contribution in [0.15, 0.2) is 15.7 Å². The van der Waals surface area contributed by atoms with Crippen LogP contribution in [-0.2, 0) is 21.3 Å². The molecular weight excluding hydrogens is 272 g/mol. The number of nitrogens with one attached hydrogen (secondary N) is 1. The molecule has 1 N–H and O–H groups in total. The third-order valence-electron chi connectivity index (χ3n) is 2.88. The zero-order valence-corrected chi connectivity index (χ0v) is 12.2. The highest BCUT2D eigenvalue weighted by Crippen LogP contribution is 2.26. The summed E-state index contributed by atoms with van der Waals surface area (Å²) in [5.41, 5.74) is 1.00. The van der Waals surface area contributed by atoms with Crippen LogP contribution >= 0.6 is 11.3 Å². The van der Waals surface area contributed by atoms with E-state index in [2.05, 4.69) is 5.32 Å². The minimum atomic E-state index is -3.36. The molecule has 2 rings (SSSR count). The van der Waals surface area contributed by atoms with Crippen molar-refractivity contribution < 1.29 is 13.2 Å². The molecule has 1 fully saturated rings. The van der Waals surface area contributed by atoms with Crippen LogP contribution in [0.1, 0.15) is 12.5 Å². The number of ether oxygens (including phenoxy) is 1. The fourth-order valence-corrected chi connectivity index (χ4v) is 4.91. The minimum absolute atomic E-state index is 0.0985. The molecule has 1 atom stereocenters. The first kappa shape index (κ1) is 14.0. The molecule has 0 aliphatic carbocycles. The maximum atomic E-state index is 12.5. The van der Waals surface area contributed by atoms with Crippen molar-refractivity contribution in [2.75, 3.05) is 26.8 Å². The van der Waals surface area contributed by atoms with E-state index in [0.29, 0.717) is 30.5 Å². The summed E-state index contributed by atoms with van der Waals surface area (Å²) in [6, 6.07) is 1.65. The fraction of sp³-hybridized carbons (Fsp3) is 0.636. The van der Waals surface area contributed by atoms with Gasteiger partial charge in [-0.1, -0.05) is 0 Å². The molecule has 18 heavy (non-hydrogen) atoms. The number of nitrogens with zero attached hydrogens (tertiary/aromatic N) is 1. The van der Waals surface area contributed by atoms with Gasteiger partial charge in [-0.3, -0.25) is 0 Å². The molecule has 0 aromatic carbocycles. The molecule has 0 radical (unpaired) electrons. The van der Waals surface area contributed by atoms with Gasteiger partial charge in [0.1, 0.15) is 4.21 Å². The van der Waals surface area contributed by atoms with Crippen molar-refractivity contribution in [1.29, 1.82) is 0 Å². The Labute approximate surface area is 112 Å². The highest BCUT2D eigenvalue weighted by Gasteiger charge is 2.32. The zero-order chi connectivity index (χ0) is 13.2. The van der Waals surface area contributed by atoms with Crippen molar-refractivity contribution >= 4 is 21.4 Å². The van der Waals surface area contributed by atoms with E-state index in [-0.39, 0.29) is 6.04 Å². The predicted octanol–water partition coefficient (Wildman–Crippen LogP) is 0.877. The van der Waals surface area contributed by atoms with Gasteiger partial charge in [0.2, 0.25) is 0 Å². The van der Waals surface area contributed by atoms with Gasteiger partial charge in [0, 0.05) is 19.1 Å². The average molecular weight is 290 g/mol. The lowest BCUT2D eigenvalue weighted by Gasteiger charge is -2.31. The van der Waals surface area contributed by atoms with E-state index in [1.165, 1.54) is 15.6 Å². The van der Waals surface area contributed by atoms with E-state index in [9.17, 15) is 8.42 Å². The largest absolute Gasteiger partial charge is 0.378 e. The number of rotatable bonds is 4. The van der Waals surface area contributed by atoms with Crippen LogP contribution in [0.4, 0.5) is 0 Å². The molecule has 1 unspecified atom stereocenters. The molecule has 7 heteroatoms. The minimum Gasteiger partial charge on any atom is -0.378 e. The summed E-state index contributed by atoms with van der Waals surface area (Å²) in [4.78, 5) is 0. The van der Waals surface area contributed by atoms with Gasteiger partial charge < -0.3 is 10.1 Å². The Balaban J connectivity index is 2.23. The van der Waals surface area contributed by atoms with Crippen LogP contribution < -0.4 is 5.32 Å². The smallest absolute Gasteiger partial charge is 0.252 e. The number of sulfonamides is 1. The molecule has 1 aliphatic heterocycles. The Kier molecular flexibility index (Phi) is 4.39. The van der Waals surface area contributed by atoms with E-state index < -0.39 is 10.0 Å². The Hall–Kier alpha value is -0.470. The highest BCUT2D eigenvalue weighted by molar-refractivity contribution is 7.91. The number of hydrogen-bond acceptors (Lipinski definition) is 5. The van der Waals surface area contributed by atoms with Crippen LogP contribution in [-0.4, -0.2) is 45.6 Å². The number of thiophene rings is 1. The molecule has 5 nitrogen and oxygen atoms in total. The Bertz CT molecular complexity index is 498. The van der Waals surface area contributed by atoms with E-state index in [1.54, 1.807) is 6.07 Å². The van der Waals surface area contributed by atoms with Crippen LogP contribution in [0.25, 0.3) is 0 Å². The SMILES string of the molecule is CNCc1csc(S(=O)(=O)N2CCOCC2C)c1. The van der Waals surface area contributed by atoms with Crippen LogP contribution in [0, 0.1) is 0 Å². The second-order valence-electron chi connectivity index (χ2n) is 4.34. The second kappa shape index (κ2) is 5.66. The van der Waals surface area contributed by atoms with E-state index in [1.807, 2.05) is 19.4 Å². The summed E-state index contributed by atoms with van der Waals surface area (Å²) in [6.07, 6.45) is 0. The molecule has 1 aliphatic rings. The summed E-state index contributed by atoms with van der Waals surface area (Å²) in [5.74, 6) is 0. The average Bonchev–Trinajstić information content (AvgIpc) is 2.79. The quantitative estimate of drug-likeness (QED) is 0.894. The van der Waals surface area contributed by atoms with Crippen molar-refractivity contribution in [2.45, 2.75) is 23.7 Å². The van der Waals surface area contributed by atoms with Crippen molar-refractivity contribution in [3.63, 3.8) is 0 Å². The summed E-state index contributed by atoms with van der Waals surface area (Å²) in [6.45, 7) is 3.93. The van der Waals surface area contributed by atoms with Gasteiger partial charge in [-0.05, 0) is 31.0 Å². The second-order valence-corrected chi connectivity index (χ2v) is 7.37. The van der Waals surface area contributed by atoms with Gasteiger partial charge in [-0.15, -0.1) is 11.3 Å². The summed E-state index contributed by atoms with van der Waals surface area (Å²) >= 11 is 1.28. The Morgan fingerprint density at radius 2 is 2.39 bits per heavy atom. The maximum Gasteiger partial charge on any atom is 0.252 e. The standard InChI is InChI=1S/C11H18N2O3S2/c1-9-7-16-4-3-13(9)18(14,15)11-5-10(6-12-2)8-17-11/h5,8-9,12H,3-4,6-7H2,1-2H3. The predicted molar refractivity (Wildman–Crippen MR) is 71.3 cm³/mol. The molecule has 1 aromatic heterocycles. The van der Waals surface area contributed by atoms with Crippen molar-refractivity contribution in [1.82, 2.24) is 9.62 Å². The molecule has 0 amide bonds. The van der Waals surface area contributed by atoms with Gasteiger partial charge in [0.25, 0.3) is 10.0 Å². The van der Waals surface area contributed by atoms with Gasteiger partial charge in [-0.25, -0.2) is 8.42 Å². The van der Waals surface area contributed by atoms with Crippen molar-refractivity contribution in [3.8, 4) is 0 Å². The normalized spacial score (nSPS) is 22.2. The third kappa shape index (κ3) is 2.75. The molecular formula is C11H18N2O3S2. The van der Waals surface area contributed by atoms with Crippen LogP contribution in [0.2, 0.25) is 0 Å². The topological polar surface area (TPSA) is 58.6 Å². The van der Waals surface area contributed by atoms with Gasteiger partial charge in [0.15, 0.2) is 0 Å². The summed E-state index contributed by atoms with van der Waals surface area (Å²) < 4.78 is 32.2. The molecule has 2 heterocycles. The Morgan fingerprint density at radius 3 is 3.06 bits per heavy atom. The monoisotopic (exact) mass is 290 g/mol. The molecule has 1 saturated heterocycles. The lowest BCUT2D eigenvalue weighted by Crippen LogP contribution is -2.46. The molecule has 1 aromatic rings. The number of hydrogen-bond donors (Lipinski definition) is 1. The van der Waals surface area contributed by atoms with Gasteiger partial charge in [-0.2, -0.15) is 4.31 Å². The van der Waals surface area contributed by atoms with Crippen molar-refractivity contribution in [3.05, 3.63) is 17.0 Å². The highest BCUT2D eigenvalue weighted by atomic mass is 32.2. The molecule has 0 spiro atoms. The number of morpholine rings is 1. The summed E-state index contributed by atoms with van der Waals surface area (Å²) in [5, 5.41) is 4.90. The molecule has 0 saturated carbocycles. The first-order valence-electron chi connectivity index (χ1n) is 5.87. The first-order chi connectivity index (χ1) is 8.55. The maximum absolute atomic E-state index is 12.5. The van der Waals surface area contributed by atoms with Crippen molar-refractivity contribution in [2.24, 2.45) is 0 Å². The van der Waals surface area contributed by atoms with Gasteiger partial charge in [0.05, 0.1) is 13.2 Å². The lowest BCUT2D eigenvalue weighted by molar-refractivity contribution is 0.0393. The molecule has 102 valence electrons. The zero-order valence-electron chi connectivity index (χ0n) is 10.5. The Morgan fingerprint density at radius 1 is 1.61 bits per heavy atom. The van der Waals surface area contributed by atoms with Gasteiger partial charge >= 0.3 is 0 Å².